The minimum absolute atomic E-state index is 0.213. The third-order valence-electron chi connectivity index (χ3n) is 4.05. The maximum absolute atomic E-state index is 12.5. The molecule has 0 aromatic heterocycles. The molecule has 0 aliphatic carbocycles. The number of hydrogen-bond donors (Lipinski definition) is 1. The fourth-order valence-electron chi connectivity index (χ4n) is 2.82. The van der Waals surface area contributed by atoms with Crippen molar-refractivity contribution >= 4 is 10.0 Å². The molecule has 1 aliphatic heterocycles. The molecular weight excluding hydrogens is 284 g/mol. The summed E-state index contributed by atoms with van der Waals surface area (Å²) in [5.74, 6) is 0.662. The van der Waals surface area contributed by atoms with Gasteiger partial charge in [-0.25, -0.2) is 12.7 Å². The van der Waals surface area contributed by atoms with Gasteiger partial charge in [-0.1, -0.05) is 37.3 Å². The first-order valence-corrected chi connectivity index (χ1v) is 9.45. The van der Waals surface area contributed by atoms with Crippen LogP contribution < -0.4 is 5.32 Å². The molecule has 1 saturated heterocycles. The van der Waals surface area contributed by atoms with Gasteiger partial charge in [-0.3, -0.25) is 0 Å². The van der Waals surface area contributed by atoms with Crippen LogP contribution in [0.3, 0.4) is 0 Å². The minimum Gasteiger partial charge on any atom is -0.317 e. The first-order chi connectivity index (χ1) is 10.1. The SMILES string of the molecule is CCNCC1CCCN(S(=O)(=O)CCc2ccccc2)C1. The number of nitrogens with zero attached hydrogens (tertiary/aromatic N) is 1. The highest BCUT2D eigenvalue weighted by Gasteiger charge is 2.28. The van der Waals surface area contributed by atoms with Gasteiger partial charge < -0.3 is 5.32 Å². The maximum atomic E-state index is 12.5. The van der Waals surface area contributed by atoms with Crippen molar-refractivity contribution in [2.45, 2.75) is 26.2 Å². The first-order valence-electron chi connectivity index (χ1n) is 7.84. The van der Waals surface area contributed by atoms with Gasteiger partial charge in [-0.2, -0.15) is 0 Å². The highest BCUT2D eigenvalue weighted by molar-refractivity contribution is 7.89. The average Bonchev–Trinajstić information content (AvgIpc) is 2.52. The summed E-state index contributed by atoms with van der Waals surface area (Å²) in [6.07, 6.45) is 2.69. The fraction of sp³-hybridized carbons (Fsp3) is 0.625. The number of piperidine rings is 1. The largest absolute Gasteiger partial charge is 0.317 e. The van der Waals surface area contributed by atoms with Gasteiger partial charge in [0.2, 0.25) is 10.0 Å². The van der Waals surface area contributed by atoms with Crippen LogP contribution in [0.4, 0.5) is 0 Å². The molecule has 1 atom stereocenters. The minimum atomic E-state index is -3.13. The fourth-order valence-corrected chi connectivity index (χ4v) is 4.41. The van der Waals surface area contributed by atoms with Crippen molar-refractivity contribution in [1.82, 2.24) is 9.62 Å². The Balaban J connectivity index is 1.89. The lowest BCUT2D eigenvalue weighted by atomic mass is 10.00. The van der Waals surface area contributed by atoms with Crippen LogP contribution in [0.15, 0.2) is 30.3 Å². The second kappa shape index (κ2) is 7.92. The molecule has 1 N–H and O–H groups in total. The van der Waals surface area contributed by atoms with Crippen LogP contribution >= 0.6 is 0 Å². The first kappa shape index (κ1) is 16.5. The molecule has 0 spiro atoms. The van der Waals surface area contributed by atoms with Crippen LogP contribution in [0, 0.1) is 5.92 Å². The van der Waals surface area contributed by atoms with Crippen molar-refractivity contribution < 1.29 is 8.42 Å². The molecule has 1 aliphatic rings. The molecule has 4 nitrogen and oxygen atoms in total. The van der Waals surface area contributed by atoms with Crippen molar-refractivity contribution in [2.24, 2.45) is 5.92 Å². The van der Waals surface area contributed by atoms with E-state index in [1.165, 1.54) is 0 Å². The van der Waals surface area contributed by atoms with E-state index in [0.29, 0.717) is 25.4 Å². The van der Waals surface area contributed by atoms with Gasteiger partial charge in [0.25, 0.3) is 0 Å². The summed E-state index contributed by atoms with van der Waals surface area (Å²) in [4.78, 5) is 0. The van der Waals surface area contributed by atoms with Gasteiger partial charge in [0.15, 0.2) is 0 Å². The summed E-state index contributed by atoms with van der Waals surface area (Å²) >= 11 is 0. The molecule has 1 aromatic carbocycles. The van der Waals surface area contributed by atoms with E-state index in [1.807, 2.05) is 30.3 Å². The standard InChI is InChI=1S/C16H26N2O2S/c1-2-17-13-16-9-6-11-18(14-16)21(19,20)12-10-15-7-4-3-5-8-15/h3-5,7-8,16-17H,2,6,9-14H2,1H3. The van der Waals surface area contributed by atoms with E-state index in [9.17, 15) is 8.42 Å². The number of hydrogen-bond acceptors (Lipinski definition) is 3. The van der Waals surface area contributed by atoms with Crippen LogP contribution in [0.5, 0.6) is 0 Å². The molecular formula is C16H26N2O2S. The zero-order valence-electron chi connectivity index (χ0n) is 12.8. The Kier molecular flexibility index (Phi) is 6.21. The summed E-state index contributed by atoms with van der Waals surface area (Å²) < 4.78 is 26.7. The second-order valence-electron chi connectivity index (χ2n) is 5.73. The van der Waals surface area contributed by atoms with Crippen molar-refractivity contribution in [3.8, 4) is 0 Å². The molecule has 0 saturated carbocycles. The Bertz CT molecular complexity index is 516. The quantitative estimate of drug-likeness (QED) is 0.836. The topological polar surface area (TPSA) is 49.4 Å². The van der Waals surface area contributed by atoms with E-state index in [1.54, 1.807) is 4.31 Å². The van der Waals surface area contributed by atoms with E-state index in [-0.39, 0.29) is 5.75 Å². The molecule has 1 fully saturated rings. The summed E-state index contributed by atoms with van der Waals surface area (Å²) in [5.41, 5.74) is 1.09. The Hall–Kier alpha value is -0.910. The maximum Gasteiger partial charge on any atom is 0.214 e. The average molecular weight is 310 g/mol. The van der Waals surface area contributed by atoms with E-state index in [2.05, 4.69) is 12.2 Å². The lowest BCUT2D eigenvalue weighted by molar-refractivity contribution is 0.261. The van der Waals surface area contributed by atoms with Crippen LogP contribution in [0.2, 0.25) is 0 Å². The normalized spacial score (nSPS) is 20.5. The molecule has 2 rings (SSSR count). The zero-order chi connectivity index (χ0) is 15.1. The predicted octanol–water partition coefficient (Wildman–Crippen LogP) is 1.88. The molecule has 0 amide bonds. The zero-order valence-corrected chi connectivity index (χ0v) is 13.6. The van der Waals surface area contributed by atoms with E-state index in [0.717, 1.165) is 31.5 Å². The van der Waals surface area contributed by atoms with Gasteiger partial charge in [-0.15, -0.1) is 0 Å². The molecule has 5 heteroatoms. The number of sulfonamides is 1. The molecule has 1 heterocycles. The van der Waals surface area contributed by atoms with E-state index in [4.69, 9.17) is 0 Å². The number of nitrogens with one attached hydrogen (secondary N) is 1. The number of benzene rings is 1. The summed E-state index contributed by atoms with van der Waals surface area (Å²) in [6, 6.07) is 9.83. The van der Waals surface area contributed by atoms with Gasteiger partial charge in [0, 0.05) is 13.1 Å². The third kappa shape index (κ3) is 5.09. The van der Waals surface area contributed by atoms with Crippen LogP contribution in [-0.2, 0) is 16.4 Å². The number of aryl methyl sites for hydroxylation is 1. The molecule has 118 valence electrons. The monoisotopic (exact) mass is 310 g/mol. The molecule has 1 aromatic rings. The highest BCUT2D eigenvalue weighted by atomic mass is 32.2. The summed E-state index contributed by atoms with van der Waals surface area (Å²) in [6.45, 7) is 5.29. The van der Waals surface area contributed by atoms with Gasteiger partial charge in [0.05, 0.1) is 5.75 Å². The van der Waals surface area contributed by atoms with E-state index >= 15 is 0 Å². The van der Waals surface area contributed by atoms with Crippen molar-refractivity contribution in [3.63, 3.8) is 0 Å². The summed E-state index contributed by atoms with van der Waals surface area (Å²) in [7, 11) is -3.13. The lowest BCUT2D eigenvalue weighted by Gasteiger charge is -2.32. The molecule has 21 heavy (non-hydrogen) atoms. The molecule has 0 radical (unpaired) electrons. The Morgan fingerprint density at radius 1 is 1.29 bits per heavy atom. The van der Waals surface area contributed by atoms with Crippen LogP contribution in [-0.4, -0.2) is 44.7 Å². The van der Waals surface area contributed by atoms with Crippen LogP contribution in [0.25, 0.3) is 0 Å². The van der Waals surface area contributed by atoms with Gasteiger partial charge >= 0.3 is 0 Å². The lowest BCUT2D eigenvalue weighted by Crippen LogP contribution is -2.43. The molecule has 0 bridgehead atoms. The Labute approximate surface area is 128 Å². The van der Waals surface area contributed by atoms with Crippen molar-refractivity contribution in [1.29, 1.82) is 0 Å². The van der Waals surface area contributed by atoms with Gasteiger partial charge in [0.1, 0.15) is 0 Å². The van der Waals surface area contributed by atoms with E-state index < -0.39 is 10.0 Å². The van der Waals surface area contributed by atoms with Crippen molar-refractivity contribution in [2.75, 3.05) is 31.9 Å². The van der Waals surface area contributed by atoms with Gasteiger partial charge in [-0.05, 0) is 43.8 Å². The Morgan fingerprint density at radius 3 is 2.76 bits per heavy atom. The molecule has 1 unspecified atom stereocenters. The highest BCUT2D eigenvalue weighted by Crippen LogP contribution is 2.19. The van der Waals surface area contributed by atoms with Crippen LogP contribution in [0.1, 0.15) is 25.3 Å². The summed E-state index contributed by atoms with van der Waals surface area (Å²) in [5, 5.41) is 3.33. The Morgan fingerprint density at radius 2 is 2.05 bits per heavy atom. The number of rotatable bonds is 7. The third-order valence-corrected chi connectivity index (χ3v) is 5.89. The van der Waals surface area contributed by atoms with Crippen molar-refractivity contribution in [3.05, 3.63) is 35.9 Å². The smallest absolute Gasteiger partial charge is 0.214 e. The second-order valence-corrected chi connectivity index (χ2v) is 7.81. The predicted molar refractivity (Wildman–Crippen MR) is 86.8 cm³/mol.